The van der Waals surface area contributed by atoms with Crippen molar-refractivity contribution in [3.05, 3.63) is 29.6 Å². The minimum absolute atomic E-state index is 0.0435. The van der Waals surface area contributed by atoms with E-state index in [9.17, 15) is 13.6 Å². The summed E-state index contributed by atoms with van der Waals surface area (Å²) in [5, 5.41) is 6.23. The normalized spacial score (nSPS) is 21.6. The van der Waals surface area contributed by atoms with Gasteiger partial charge in [0.05, 0.1) is 11.6 Å². The van der Waals surface area contributed by atoms with Gasteiger partial charge in [-0.15, -0.1) is 0 Å². The van der Waals surface area contributed by atoms with Gasteiger partial charge in [-0.25, -0.2) is 23.7 Å². The van der Waals surface area contributed by atoms with Gasteiger partial charge in [-0.3, -0.25) is 4.79 Å². The number of amides is 1. The van der Waals surface area contributed by atoms with E-state index in [-0.39, 0.29) is 23.7 Å². The second-order valence-corrected chi connectivity index (χ2v) is 11.7. The number of aromatic nitrogens is 4. The molecule has 38 heavy (non-hydrogen) atoms. The quantitative estimate of drug-likeness (QED) is 0.557. The fourth-order valence-corrected chi connectivity index (χ4v) is 5.83. The Labute approximate surface area is 222 Å². The van der Waals surface area contributed by atoms with Crippen LogP contribution in [-0.2, 0) is 16.1 Å². The first-order chi connectivity index (χ1) is 18.2. The van der Waals surface area contributed by atoms with Crippen molar-refractivity contribution in [2.45, 2.75) is 89.1 Å². The van der Waals surface area contributed by atoms with Crippen molar-refractivity contribution in [2.24, 2.45) is 0 Å². The smallest absolute Gasteiger partial charge is 0.246 e. The summed E-state index contributed by atoms with van der Waals surface area (Å²) in [6.45, 7) is 11.1. The zero-order valence-corrected chi connectivity index (χ0v) is 22.6. The van der Waals surface area contributed by atoms with E-state index in [0.717, 1.165) is 63.5 Å². The molecular weight excluding hydrogens is 492 g/mol. The Balaban J connectivity index is 1.34. The molecule has 0 unspecified atom stereocenters. The van der Waals surface area contributed by atoms with Crippen LogP contribution in [0.4, 0.5) is 20.4 Å². The Kier molecular flexibility index (Phi) is 7.95. The number of alkyl halides is 2. The van der Waals surface area contributed by atoms with Crippen molar-refractivity contribution in [3.63, 3.8) is 0 Å². The first-order valence-corrected chi connectivity index (χ1v) is 13.8. The van der Waals surface area contributed by atoms with Crippen LogP contribution >= 0.6 is 0 Å². The molecule has 208 valence electrons. The molecule has 2 aromatic rings. The van der Waals surface area contributed by atoms with Crippen LogP contribution in [-0.4, -0.2) is 70.2 Å². The van der Waals surface area contributed by atoms with Crippen molar-refractivity contribution in [2.75, 3.05) is 43.1 Å². The van der Waals surface area contributed by atoms with Gasteiger partial charge in [0.15, 0.2) is 0 Å². The molecular formula is C27H39F2N7O2. The maximum atomic E-state index is 13.9. The molecule has 2 fully saturated rings. The summed E-state index contributed by atoms with van der Waals surface area (Å²) in [6, 6.07) is 0. The maximum absolute atomic E-state index is 13.9. The van der Waals surface area contributed by atoms with Crippen molar-refractivity contribution in [1.29, 1.82) is 0 Å². The number of hydrogen-bond donors (Lipinski definition) is 2. The van der Waals surface area contributed by atoms with Crippen LogP contribution in [0.15, 0.2) is 12.5 Å². The summed E-state index contributed by atoms with van der Waals surface area (Å²) >= 11 is 0. The molecule has 5 heterocycles. The van der Waals surface area contributed by atoms with E-state index in [1.54, 1.807) is 0 Å². The predicted octanol–water partition coefficient (Wildman–Crippen LogP) is 4.03. The zero-order valence-electron chi connectivity index (χ0n) is 22.6. The molecule has 0 aromatic carbocycles. The van der Waals surface area contributed by atoms with Crippen molar-refractivity contribution < 1.29 is 18.3 Å². The Morgan fingerprint density at radius 1 is 1.13 bits per heavy atom. The van der Waals surface area contributed by atoms with Crippen LogP contribution in [0, 0.1) is 0 Å². The lowest BCUT2D eigenvalue weighted by Gasteiger charge is -2.36. The number of ether oxygens (including phenoxy) is 1. The number of carbonyl (C=O) groups is 1. The highest BCUT2D eigenvalue weighted by Gasteiger charge is 2.38. The summed E-state index contributed by atoms with van der Waals surface area (Å²) in [6.07, 6.45) is 4.37. The number of carbonyl (C=O) groups excluding carboxylic acids is 1. The van der Waals surface area contributed by atoms with Crippen LogP contribution in [0.5, 0.6) is 0 Å². The highest BCUT2D eigenvalue weighted by molar-refractivity contribution is 5.94. The molecule has 11 heteroatoms. The molecule has 0 spiro atoms. The standard InChI is InChI=1S/C27H39F2N7O2/c1-27(2,3)32-8-11-36-15-20(17-6-12-38-13-7-17)33-25(36)18-4-9-35(10-5-18)26-22-19(23(28)29)14-21(37)34-24(22)30-16-31-26/h15-19,23,32H,4-14H2,1-3H3,(H,30,31,34,37)/t19-/m1/s1. The van der Waals surface area contributed by atoms with E-state index in [0.29, 0.717) is 30.4 Å². The molecule has 2 saturated heterocycles. The average Bonchev–Trinajstić information content (AvgIpc) is 3.31. The van der Waals surface area contributed by atoms with Gasteiger partial charge in [-0.1, -0.05) is 0 Å². The number of piperidine rings is 1. The summed E-state index contributed by atoms with van der Waals surface area (Å²) in [4.78, 5) is 27.7. The minimum Gasteiger partial charge on any atom is -0.381 e. The van der Waals surface area contributed by atoms with Gasteiger partial charge in [-0.2, -0.15) is 0 Å². The van der Waals surface area contributed by atoms with Gasteiger partial charge in [0.25, 0.3) is 0 Å². The van der Waals surface area contributed by atoms with Gasteiger partial charge in [0, 0.05) is 74.9 Å². The molecule has 2 aromatic heterocycles. The molecule has 0 saturated carbocycles. The molecule has 5 rings (SSSR count). The van der Waals surface area contributed by atoms with Gasteiger partial charge in [0.2, 0.25) is 12.3 Å². The minimum atomic E-state index is -2.65. The van der Waals surface area contributed by atoms with E-state index in [1.165, 1.54) is 6.33 Å². The highest BCUT2D eigenvalue weighted by atomic mass is 19.3. The molecule has 0 aliphatic carbocycles. The average molecular weight is 532 g/mol. The number of fused-ring (bicyclic) bond motifs is 1. The Hall–Kier alpha value is -2.66. The monoisotopic (exact) mass is 531 g/mol. The molecule has 0 radical (unpaired) electrons. The lowest BCUT2D eigenvalue weighted by Crippen LogP contribution is -2.38. The molecule has 3 aliphatic rings. The highest BCUT2D eigenvalue weighted by Crippen LogP contribution is 2.41. The number of nitrogens with one attached hydrogen (secondary N) is 2. The third kappa shape index (κ3) is 5.98. The SMILES string of the molecule is CC(C)(C)NCCn1cc(C2CCOCC2)nc1C1CCN(c2ncnc3c2[C@H](C(F)F)CC(=O)N3)CC1. The van der Waals surface area contributed by atoms with Crippen LogP contribution in [0.3, 0.4) is 0 Å². The van der Waals surface area contributed by atoms with E-state index >= 15 is 0 Å². The van der Waals surface area contributed by atoms with Crippen LogP contribution in [0.25, 0.3) is 0 Å². The molecule has 1 amide bonds. The first-order valence-electron chi connectivity index (χ1n) is 13.8. The first kappa shape index (κ1) is 26.9. The van der Waals surface area contributed by atoms with Gasteiger partial charge >= 0.3 is 0 Å². The fraction of sp³-hybridized carbons (Fsp3) is 0.704. The Bertz CT molecular complexity index is 1120. The number of nitrogens with zero attached hydrogens (tertiary/aromatic N) is 5. The molecule has 2 N–H and O–H groups in total. The second kappa shape index (κ2) is 11.2. The second-order valence-electron chi connectivity index (χ2n) is 11.7. The number of anilines is 2. The molecule has 0 bridgehead atoms. The molecule has 9 nitrogen and oxygen atoms in total. The van der Waals surface area contributed by atoms with Gasteiger partial charge in [-0.05, 0) is 46.5 Å². The number of rotatable bonds is 7. The van der Waals surface area contributed by atoms with E-state index in [4.69, 9.17) is 9.72 Å². The van der Waals surface area contributed by atoms with Gasteiger partial charge in [0.1, 0.15) is 23.8 Å². The van der Waals surface area contributed by atoms with E-state index in [1.807, 2.05) is 0 Å². The fourth-order valence-electron chi connectivity index (χ4n) is 5.83. The van der Waals surface area contributed by atoms with E-state index < -0.39 is 18.3 Å². The van der Waals surface area contributed by atoms with Crippen molar-refractivity contribution in [1.82, 2.24) is 24.8 Å². The summed E-state index contributed by atoms with van der Waals surface area (Å²) in [5.41, 5.74) is 1.56. The van der Waals surface area contributed by atoms with Crippen LogP contribution < -0.4 is 15.5 Å². The van der Waals surface area contributed by atoms with Gasteiger partial charge < -0.3 is 24.8 Å². The predicted molar refractivity (Wildman–Crippen MR) is 141 cm³/mol. The summed E-state index contributed by atoms with van der Waals surface area (Å²) in [7, 11) is 0. The molecule has 3 aliphatic heterocycles. The number of imidazole rings is 1. The molecule has 1 atom stereocenters. The largest absolute Gasteiger partial charge is 0.381 e. The summed E-state index contributed by atoms with van der Waals surface area (Å²) in [5.74, 6) is 0.916. The Morgan fingerprint density at radius 3 is 2.55 bits per heavy atom. The van der Waals surface area contributed by atoms with E-state index in [2.05, 4.69) is 57.0 Å². The van der Waals surface area contributed by atoms with Crippen LogP contribution in [0.1, 0.15) is 87.7 Å². The number of hydrogen-bond acceptors (Lipinski definition) is 7. The summed E-state index contributed by atoms with van der Waals surface area (Å²) < 4.78 is 35.7. The maximum Gasteiger partial charge on any atom is 0.246 e. The van der Waals surface area contributed by atoms with Crippen molar-refractivity contribution in [3.8, 4) is 0 Å². The Morgan fingerprint density at radius 2 is 1.87 bits per heavy atom. The zero-order chi connectivity index (χ0) is 26.9. The third-order valence-electron chi connectivity index (χ3n) is 7.83. The lowest BCUT2D eigenvalue weighted by molar-refractivity contribution is -0.117. The topological polar surface area (TPSA) is 97.2 Å². The van der Waals surface area contributed by atoms with Crippen molar-refractivity contribution >= 4 is 17.5 Å². The third-order valence-corrected chi connectivity index (χ3v) is 7.83. The number of halogens is 2. The van der Waals surface area contributed by atoms with Crippen LogP contribution in [0.2, 0.25) is 0 Å². The lowest BCUT2D eigenvalue weighted by atomic mass is 9.91.